The molecule has 0 aliphatic carbocycles. The molecule has 132 valence electrons. The summed E-state index contributed by atoms with van der Waals surface area (Å²) in [6.45, 7) is 1.93. The number of sulfonamides is 1. The van der Waals surface area contributed by atoms with Crippen molar-refractivity contribution in [3.8, 4) is 0 Å². The van der Waals surface area contributed by atoms with Crippen molar-refractivity contribution in [2.75, 3.05) is 19.7 Å². The molecule has 1 aliphatic rings. The number of rotatable bonds is 5. The molecule has 1 amide bonds. The van der Waals surface area contributed by atoms with Crippen LogP contribution in [0.1, 0.15) is 13.3 Å². The van der Waals surface area contributed by atoms with E-state index in [1.54, 1.807) is 6.92 Å². The number of carbonyl (C=O) groups is 2. The maximum atomic E-state index is 12.9. The van der Waals surface area contributed by atoms with E-state index in [1.807, 2.05) is 0 Å². The van der Waals surface area contributed by atoms with Gasteiger partial charge in [0.2, 0.25) is 15.9 Å². The minimum atomic E-state index is -4.08. The van der Waals surface area contributed by atoms with Gasteiger partial charge in [-0.15, -0.1) is 0 Å². The van der Waals surface area contributed by atoms with Gasteiger partial charge in [0.25, 0.3) is 0 Å². The maximum absolute atomic E-state index is 12.9. The average Bonchev–Trinajstić information content (AvgIpc) is 2.49. The molecule has 0 spiro atoms. The van der Waals surface area contributed by atoms with Crippen LogP contribution < -0.4 is 5.32 Å². The van der Waals surface area contributed by atoms with E-state index in [1.165, 1.54) is 18.2 Å². The summed E-state index contributed by atoms with van der Waals surface area (Å²) in [5.74, 6) is -1.20. The summed E-state index contributed by atoms with van der Waals surface area (Å²) in [4.78, 5) is 23.6. The number of hydrogen-bond donors (Lipinski definition) is 1. The molecule has 10 heteroatoms. The number of esters is 1. The van der Waals surface area contributed by atoms with Crippen LogP contribution in [0.2, 0.25) is 10.0 Å². The zero-order valence-electron chi connectivity index (χ0n) is 12.8. The molecule has 2 rings (SSSR count). The fourth-order valence-electron chi connectivity index (χ4n) is 2.36. The van der Waals surface area contributed by atoms with Crippen molar-refractivity contribution in [2.24, 2.45) is 0 Å². The number of benzene rings is 1. The van der Waals surface area contributed by atoms with Crippen LogP contribution in [0.5, 0.6) is 0 Å². The predicted molar refractivity (Wildman–Crippen MR) is 88.4 cm³/mol. The lowest BCUT2D eigenvalue weighted by atomic mass is 10.1. The van der Waals surface area contributed by atoms with Gasteiger partial charge in [0.05, 0.1) is 18.1 Å². The lowest BCUT2D eigenvalue weighted by molar-refractivity contribution is -0.146. The van der Waals surface area contributed by atoms with Gasteiger partial charge in [0, 0.05) is 18.1 Å². The summed E-state index contributed by atoms with van der Waals surface area (Å²) < 4.78 is 31.5. The topological polar surface area (TPSA) is 92.8 Å². The van der Waals surface area contributed by atoms with Crippen molar-refractivity contribution >= 4 is 45.1 Å². The van der Waals surface area contributed by atoms with Crippen molar-refractivity contribution in [2.45, 2.75) is 24.3 Å². The monoisotopic (exact) mass is 394 g/mol. The molecule has 1 atom stereocenters. The van der Waals surface area contributed by atoms with Gasteiger partial charge in [-0.05, 0) is 25.1 Å². The molecule has 24 heavy (non-hydrogen) atoms. The molecule has 1 aromatic rings. The molecule has 1 aromatic carbocycles. The van der Waals surface area contributed by atoms with E-state index in [4.69, 9.17) is 27.9 Å². The van der Waals surface area contributed by atoms with Gasteiger partial charge < -0.3 is 10.1 Å². The van der Waals surface area contributed by atoms with E-state index >= 15 is 0 Å². The first-order valence-corrected chi connectivity index (χ1v) is 9.37. The van der Waals surface area contributed by atoms with Crippen LogP contribution in [0.25, 0.3) is 0 Å². The van der Waals surface area contributed by atoms with Gasteiger partial charge in [-0.1, -0.05) is 23.2 Å². The molecule has 0 saturated carbocycles. The summed E-state index contributed by atoms with van der Waals surface area (Å²) in [5, 5.41) is 2.79. The van der Waals surface area contributed by atoms with Gasteiger partial charge in [-0.2, -0.15) is 4.31 Å². The quantitative estimate of drug-likeness (QED) is 0.762. The van der Waals surface area contributed by atoms with Crippen LogP contribution in [0, 0.1) is 0 Å². The highest BCUT2D eigenvalue weighted by molar-refractivity contribution is 7.89. The second kappa shape index (κ2) is 7.69. The largest absolute Gasteiger partial charge is 0.466 e. The standard InChI is InChI=1S/C14H16Cl2N2O5S/c1-2-23-13(19)8-11-14(20)17-5-6-18(11)24(21,22)12-4-3-9(15)7-10(12)16/h3-4,7,11H,2,5-6,8H2,1H3,(H,17,20)/t11-/m0/s1. The summed E-state index contributed by atoms with van der Waals surface area (Å²) >= 11 is 11.8. The summed E-state index contributed by atoms with van der Waals surface area (Å²) in [7, 11) is -4.08. The minimum Gasteiger partial charge on any atom is -0.466 e. The lowest BCUT2D eigenvalue weighted by Gasteiger charge is -2.33. The van der Waals surface area contributed by atoms with Crippen molar-refractivity contribution < 1.29 is 22.7 Å². The van der Waals surface area contributed by atoms with E-state index in [0.29, 0.717) is 5.02 Å². The Balaban J connectivity index is 2.37. The molecule has 0 unspecified atom stereocenters. The van der Waals surface area contributed by atoms with Crippen LogP contribution in [0.3, 0.4) is 0 Å². The summed E-state index contributed by atoms with van der Waals surface area (Å²) in [6, 6.07) is 2.79. The Labute approximate surface area is 149 Å². The highest BCUT2D eigenvalue weighted by Gasteiger charge is 2.40. The zero-order chi connectivity index (χ0) is 17.9. The highest BCUT2D eigenvalue weighted by atomic mass is 35.5. The first kappa shape index (κ1) is 19.0. The minimum absolute atomic E-state index is 0.0249. The summed E-state index contributed by atoms with van der Waals surface area (Å²) in [5.41, 5.74) is 0. The lowest BCUT2D eigenvalue weighted by Crippen LogP contribution is -2.57. The molecule has 0 bridgehead atoms. The third-order valence-corrected chi connectivity index (χ3v) is 6.05. The van der Waals surface area contributed by atoms with E-state index < -0.39 is 27.9 Å². The molecular formula is C14H16Cl2N2O5S. The third-order valence-electron chi connectivity index (χ3n) is 3.43. The van der Waals surface area contributed by atoms with Crippen molar-refractivity contribution in [1.29, 1.82) is 0 Å². The first-order chi connectivity index (χ1) is 11.3. The Bertz CT molecular complexity index is 754. The fraction of sp³-hybridized carbons (Fsp3) is 0.429. The van der Waals surface area contributed by atoms with E-state index in [9.17, 15) is 18.0 Å². The Morgan fingerprint density at radius 1 is 1.42 bits per heavy atom. The number of ether oxygens (including phenoxy) is 1. The maximum Gasteiger partial charge on any atom is 0.307 e. The van der Waals surface area contributed by atoms with E-state index in [-0.39, 0.29) is 36.0 Å². The second-order valence-corrected chi connectivity index (χ2v) is 7.71. The number of halogens is 2. The smallest absolute Gasteiger partial charge is 0.307 e. The average molecular weight is 395 g/mol. The molecule has 1 saturated heterocycles. The van der Waals surface area contributed by atoms with Crippen LogP contribution in [-0.2, 0) is 24.3 Å². The number of hydrogen-bond acceptors (Lipinski definition) is 5. The predicted octanol–water partition coefficient (Wildman–Crippen LogP) is 1.44. The zero-order valence-corrected chi connectivity index (χ0v) is 15.1. The Hall–Kier alpha value is -1.35. The van der Waals surface area contributed by atoms with Gasteiger partial charge in [0.1, 0.15) is 10.9 Å². The second-order valence-electron chi connectivity index (χ2n) is 5.01. The Morgan fingerprint density at radius 3 is 2.75 bits per heavy atom. The van der Waals surface area contributed by atoms with Crippen LogP contribution >= 0.6 is 23.2 Å². The molecule has 1 heterocycles. The molecule has 1 fully saturated rings. The van der Waals surface area contributed by atoms with Gasteiger partial charge in [-0.3, -0.25) is 9.59 Å². The SMILES string of the molecule is CCOC(=O)C[C@H]1C(=O)NCCN1S(=O)(=O)c1ccc(Cl)cc1Cl. The van der Waals surface area contributed by atoms with Gasteiger partial charge in [-0.25, -0.2) is 8.42 Å². The number of amides is 1. The van der Waals surface area contributed by atoms with Crippen molar-refractivity contribution in [3.63, 3.8) is 0 Å². The molecular weight excluding hydrogens is 379 g/mol. The molecule has 0 aromatic heterocycles. The van der Waals surface area contributed by atoms with Crippen LogP contribution in [0.15, 0.2) is 23.1 Å². The normalized spacial score (nSPS) is 19.0. The number of piperazine rings is 1. The first-order valence-electron chi connectivity index (χ1n) is 7.17. The van der Waals surface area contributed by atoms with Gasteiger partial charge >= 0.3 is 5.97 Å². The molecule has 1 N–H and O–H groups in total. The van der Waals surface area contributed by atoms with Crippen LogP contribution in [-0.4, -0.2) is 50.3 Å². The van der Waals surface area contributed by atoms with Crippen LogP contribution in [0.4, 0.5) is 0 Å². The number of carbonyl (C=O) groups excluding carboxylic acids is 2. The van der Waals surface area contributed by atoms with Crippen molar-refractivity contribution in [3.05, 3.63) is 28.2 Å². The third kappa shape index (κ3) is 4.00. The van der Waals surface area contributed by atoms with E-state index in [2.05, 4.69) is 5.32 Å². The molecule has 7 nitrogen and oxygen atoms in total. The Morgan fingerprint density at radius 2 is 2.12 bits per heavy atom. The van der Waals surface area contributed by atoms with Crippen molar-refractivity contribution in [1.82, 2.24) is 9.62 Å². The fourth-order valence-corrected chi connectivity index (χ4v) is 4.70. The molecule has 0 radical (unpaired) electrons. The Kier molecular flexibility index (Phi) is 6.08. The highest BCUT2D eigenvalue weighted by Crippen LogP contribution is 2.29. The number of nitrogens with zero attached hydrogens (tertiary/aromatic N) is 1. The summed E-state index contributed by atoms with van der Waals surface area (Å²) in [6.07, 6.45) is -0.371. The van der Waals surface area contributed by atoms with E-state index in [0.717, 1.165) is 4.31 Å². The number of nitrogens with one attached hydrogen (secondary N) is 1. The van der Waals surface area contributed by atoms with Gasteiger partial charge in [0.15, 0.2) is 0 Å². The molecule has 1 aliphatic heterocycles.